The Balaban J connectivity index is 1.55. The minimum atomic E-state index is -0.704. The number of non-ortho nitro benzene ring substituents is 1. The lowest BCUT2D eigenvalue weighted by molar-refractivity contribution is -0.384. The third kappa shape index (κ3) is 2.82. The zero-order valence-corrected chi connectivity index (χ0v) is 15.0. The van der Waals surface area contributed by atoms with E-state index in [4.69, 9.17) is 14.2 Å². The van der Waals surface area contributed by atoms with Crippen molar-refractivity contribution in [3.05, 3.63) is 88.0 Å². The average molecular weight is 390 g/mol. The van der Waals surface area contributed by atoms with Crippen LogP contribution < -0.4 is 19.1 Å². The average Bonchev–Trinajstić information content (AvgIpc) is 3.37. The Kier molecular flexibility index (Phi) is 3.83. The highest BCUT2D eigenvalue weighted by Crippen LogP contribution is 2.45. The van der Waals surface area contributed by atoms with E-state index in [2.05, 4.69) is 0 Å². The number of hydrogen-bond donors (Lipinski definition) is 0. The molecule has 1 amide bonds. The van der Waals surface area contributed by atoms with Crippen LogP contribution >= 0.6 is 0 Å². The molecule has 3 aromatic rings. The first kappa shape index (κ1) is 17.1. The SMILES string of the molecule is O=C(c1ccc([N+](=O)[O-])cc1)N1c2ccccc2OC1c1ccc2c(c1)OCO2. The summed E-state index contributed by atoms with van der Waals surface area (Å²) < 4.78 is 16.9. The topological polar surface area (TPSA) is 91.1 Å². The van der Waals surface area contributed by atoms with Crippen LogP contribution in [0.3, 0.4) is 0 Å². The lowest BCUT2D eigenvalue weighted by atomic mass is 10.1. The van der Waals surface area contributed by atoms with Crippen LogP contribution in [0.25, 0.3) is 0 Å². The van der Waals surface area contributed by atoms with E-state index in [1.54, 1.807) is 24.3 Å². The van der Waals surface area contributed by atoms with E-state index >= 15 is 0 Å². The van der Waals surface area contributed by atoms with Crippen molar-refractivity contribution < 1.29 is 23.9 Å². The molecule has 0 aliphatic carbocycles. The Hall–Kier alpha value is -4.07. The van der Waals surface area contributed by atoms with E-state index in [0.29, 0.717) is 28.5 Å². The van der Waals surface area contributed by atoms with Gasteiger partial charge in [-0.1, -0.05) is 12.1 Å². The molecule has 0 saturated heterocycles. The molecule has 0 aromatic heterocycles. The number of amides is 1. The van der Waals surface area contributed by atoms with Gasteiger partial charge in [0, 0.05) is 23.3 Å². The summed E-state index contributed by atoms with van der Waals surface area (Å²) in [5.41, 5.74) is 1.59. The van der Waals surface area contributed by atoms with Crippen molar-refractivity contribution in [1.29, 1.82) is 0 Å². The summed E-state index contributed by atoms with van der Waals surface area (Å²) in [6.45, 7) is 0.149. The number of nitrogens with zero attached hydrogens (tertiary/aromatic N) is 2. The second kappa shape index (κ2) is 6.52. The molecule has 0 saturated carbocycles. The number of carbonyl (C=O) groups is 1. The number of carbonyl (C=O) groups excluding carboxylic acids is 1. The maximum atomic E-state index is 13.3. The van der Waals surface area contributed by atoms with Gasteiger partial charge in [-0.3, -0.25) is 19.8 Å². The highest BCUT2D eigenvalue weighted by molar-refractivity contribution is 6.08. The molecule has 29 heavy (non-hydrogen) atoms. The molecule has 2 aliphatic heterocycles. The van der Waals surface area contributed by atoms with Crippen molar-refractivity contribution in [2.75, 3.05) is 11.7 Å². The molecule has 8 heteroatoms. The van der Waals surface area contributed by atoms with E-state index in [-0.39, 0.29) is 18.4 Å². The summed E-state index contributed by atoms with van der Waals surface area (Å²) in [7, 11) is 0. The molecule has 3 aromatic carbocycles. The molecule has 0 radical (unpaired) electrons. The Labute approximate surface area is 165 Å². The Morgan fingerprint density at radius 3 is 2.52 bits per heavy atom. The maximum absolute atomic E-state index is 13.3. The normalized spacial score (nSPS) is 16.3. The van der Waals surface area contributed by atoms with Gasteiger partial charge in [0.05, 0.1) is 10.6 Å². The summed E-state index contributed by atoms with van der Waals surface area (Å²) in [4.78, 5) is 25.3. The number of hydrogen-bond acceptors (Lipinski definition) is 6. The highest BCUT2D eigenvalue weighted by Gasteiger charge is 2.37. The monoisotopic (exact) mass is 390 g/mol. The zero-order valence-electron chi connectivity index (χ0n) is 15.0. The van der Waals surface area contributed by atoms with Crippen LogP contribution in [0.4, 0.5) is 11.4 Å². The van der Waals surface area contributed by atoms with Crippen LogP contribution in [-0.4, -0.2) is 17.6 Å². The van der Waals surface area contributed by atoms with Gasteiger partial charge in [0.15, 0.2) is 11.5 Å². The summed E-state index contributed by atoms with van der Waals surface area (Å²) in [6.07, 6.45) is -0.704. The number of para-hydroxylation sites is 2. The standard InChI is InChI=1S/C21H14N2O6/c24-20(13-5-8-15(9-6-13)23(25)26)22-16-3-1-2-4-17(16)29-21(22)14-7-10-18-19(11-14)28-12-27-18/h1-11,21H,12H2. The molecule has 8 nitrogen and oxygen atoms in total. The third-order valence-corrected chi connectivity index (χ3v) is 4.82. The van der Waals surface area contributed by atoms with Crippen LogP contribution in [0.5, 0.6) is 17.2 Å². The quantitative estimate of drug-likeness (QED) is 0.495. The summed E-state index contributed by atoms with van der Waals surface area (Å²) in [5, 5.41) is 10.9. The minimum absolute atomic E-state index is 0.0769. The fraction of sp³-hybridized carbons (Fsp3) is 0.0952. The number of fused-ring (bicyclic) bond motifs is 2. The van der Waals surface area contributed by atoms with Gasteiger partial charge in [0.25, 0.3) is 11.6 Å². The van der Waals surface area contributed by atoms with Gasteiger partial charge in [-0.2, -0.15) is 0 Å². The predicted octanol–water partition coefficient (Wildman–Crippen LogP) is 4.06. The largest absolute Gasteiger partial charge is 0.464 e. The molecule has 144 valence electrons. The molecular formula is C21H14N2O6. The summed E-state index contributed by atoms with van der Waals surface area (Å²) in [5.74, 6) is 1.47. The van der Waals surface area contributed by atoms with Gasteiger partial charge in [0.2, 0.25) is 13.0 Å². The van der Waals surface area contributed by atoms with E-state index in [0.717, 1.165) is 5.56 Å². The van der Waals surface area contributed by atoms with Crippen molar-refractivity contribution >= 4 is 17.3 Å². The molecule has 1 unspecified atom stereocenters. The molecule has 2 heterocycles. The van der Waals surface area contributed by atoms with Gasteiger partial charge in [0.1, 0.15) is 5.75 Å². The number of benzene rings is 3. The van der Waals surface area contributed by atoms with Gasteiger partial charge in [-0.15, -0.1) is 0 Å². The number of rotatable bonds is 3. The lowest BCUT2D eigenvalue weighted by Gasteiger charge is -2.24. The van der Waals surface area contributed by atoms with Crippen LogP contribution in [0.15, 0.2) is 66.7 Å². The van der Waals surface area contributed by atoms with Gasteiger partial charge in [-0.05, 0) is 42.5 Å². The molecule has 0 bridgehead atoms. The number of ether oxygens (including phenoxy) is 3. The maximum Gasteiger partial charge on any atom is 0.269 e. The molecule has 0 fully saturated rings. The second-order valence-corrected chi connectivity index (χ2v) is 6.53. The van der Waals surface area contributed by atoms with Crippen LogP contribution in [0.1, 0.15) is 22.1 Å². The van der Waals surface area contributed by atoms with Crippen molar-refractivity contribution in [3.63, 3.8) is 0 Å². The van der Waals surface area contributed by atoms with Crippen molar-refractivity contribution in [3.8, 4) is 17.2 Å². The molecule has 0 spiro atoms. The molecular weight excluding hydrogens is 376 g/mol. The minimum Gasteiger partial charge on any atom is -0.464 e. The van der Waals surface area contributed by atoms with Crippen LogP contribution in [-0.2, 0) is 0 Å². The van der Waals surface area contributed by atoms with E-state index < -0.39 is 11.2 Å². The molecule has 1 atom stereocenters. The number of nitro groups is 1. The van der Waals surface area contributed by atoms with Crippen molar-refractivity contribution in [1.82, 2.24) is 0 Å². The van der Waals surface area contributed by atoms with Gasteiger partial charge >= 0.3 is 0 Å². The van der Waals surface area contributed by atoms with Crippen LogP contribution in [0.2, 0.25) is 0 Å². The predicted molar refractivity (Wildman–Crippen MR) is 102 cm³/mol. The van der Waals surface area contributed by atoms with E-state index in [9.17, 15) is 14.9 Å². The first-order chi connectivity index (χ1) is 14.1. The van der Waals surface area contributed by atoms with Crippen LogP contribution in [0, 0.1) is 10.1 Å². The fourth-order valence-electron chi connectivity index (χ4n) is 3.42. The van der Waals surface area contributed by atoms with Crippen molar-refractivity contribution in [2.45, 2.75) is 6.23 Å². The highest BCUT2D eigenvalue weighted by atomic mass is 16.7. The lowest BCUT2D eigenvalue weighted by Crippen LogP contribution is -2.33. The Morgan fingerprint density at radius 1 is 0.966 bits per heavy atom. The molecule has 2 aliphatic rings. The van der Waals surface area contributed by atoms with E-state index in [1.165, 1.54) is 29.2 Å². The van der Waals surface area contributed by atoms with Gasteiger partial charge < -0.3 is 14.2 Å². The first-order valence-corrected chi connectivity index (χ1v) is 8.85. The fourth-order valence-corrected chi connectivity index (χ4v) is 3.42. The zero-order chi connectivity index (χ0) is 20.0. The Morgan fingerprint density at radius 2 is 1.72 bits per heavy atom. The molecule has 5 rings (SSSR count). The van der Waals surface area contributed by atoms with Crippen molar-refractivity contribution in [2.24, 2.45) is 0 Å². The summed E-state index contributed by atoms with van der Waals surface area (Å²) >= 11 is 0. The Bertz CT molecular complexity index is 1130. The number of anilines is 1. The first-order valence-electron chi connectivity index (χ1n) is 8.85. The number of nitro benzene ring substituents is 1. The summed E-state index contributed by atoms with van der Waals surface area (Å²) in [6, 6.07) is 18.1. The van der Waals surface area contributed by atoms with E-state index in [1.807, 2.05) is 18.2 Å². The second-order valence-electron chi connectivity index (χ2n) is 6.53. The smallest absolute Gasteiger partial charge is 0.269 e. The third-order valence-electron chi connectivity index (χ3n) is 4.82. The van der Waals surface area contributed by atoms with Gasteiger partial charge in [-0.25, -0.2) is 0 Å². The molecule has 0 N–H and O–H groups in total.